The van der Waals surface area contributed by atoms with Crippen molar-refractivity contribution in [2.45, 2.75) is 43.9 Å². The first-order valence-electron chi connectivity index (χ1n) is 8.69. The molecule has 0 radical (unpaired) electrons. The van der Waals surface area contributed by atoms with Crippen molar-refractivity contribution in [2.75, 3.05) is 32.6 Å². The van der Waals surface area contributed by atoms with Crippen molar-refractivity contribution in [3.8, 4) is 5.75 Å². The lowest BCUT2D eigenvalue weighted by Crippen LogP contribution is -2.45. The van der Waals surface area contributed by atoms with Gasteiger partial charge in [-0.3, -0.25) is 0 Å². The van der Waals surface area contributed by atoms with Gasteiger partial charge in [0.2, 0.25) is 0 Å². The second kappa shape index (κ2) is 7.85. The predicted octanol–water partition coefficient (Wildman–Crippen LogP) is 2.46. The van der Waals surface area contributed by atoms with Gasteiger partial charge in [0, 0.05) is 32.0 Å². The maximum atomic E-state index is 12.3. The Balaban J connectivity index is 1.54. The first-order valence-corrected chi connectivity index (χ1v) is 8.69. The van der Waals surface area contributed by atoms with Crippen LogP contribution in [0.3, 0.4) is 0 Å². The van der Waals surface area contributed by atoms with E-state index in [1.54, 1.807) is 7.11 Å². The van der Waals surface area contributed by atoms with Gasteiger partial charge in [0.15, 0.2) is 0 Å². The third kappa shape index (κ3) is 4.39. The van der Waals surface area contributed by atoms with Gasteiger partial charge in [0.05, 0.1) is 18.2 Å². The zero-order chi connectivity index (χ0) is 16.9. The highest BCUT2D eigenvalue weighted by atomic mass is 16.5. The molecule has 3 rings (SSSR count). The number of amides is 2. The van der Waals surface area contributed by atoms with Crippen molar-refractivity contribution >= 4 is 11.7 Å². The Kier molecular flexibility index (Phi) is 5.58. The third-order valence-corrected chi connectivity index (χ3v) is 4.76. The highest BCUT2D eigenvalue weighted by Crippen LogP contribution is 2.25. The van der Waals surface area contributed by atoms with Gasteiger partial charge >= 0.3 is 6.03 Å². The molecule has 1 aliphatic carbocycles. The van der Waals surface area contributed by atoms with Crippen LogP contribution < -0.4 is 15.4 Å². The van der Waals surface area contributed by atoms with Gasteiger partial charge in [-0.25, -0.2) is 4.79 Å². The second-order valence-corrected chi connectivity index (χ2v) is 6.75. The van der Waals surface area contributed by atoms with Crippen LogP contribution in [0.2, 0.25) is 0 Å². The molecule has 0 unspecified atom stereocenters. The Morgan fingerprint density at radius 3 is 2.79 bits per heavy atom. The fraction of sp³-hybridized carbons (Fsp3) is 0.611. The number of carbonyl (C=O) groups is 1. The number of carbonyl (C=O) groups excluding carboxylic acids is 1. The number of rotatable bonds is 5. The SMILES string of the molecule is CO[C@@H]1CN(C)C[C@H]1NC(=O)Nc1cccc(OC2CCCC2)c1. The molecule has 1 aromatic carbocycles. The molecule has 2 N–H and O–H groups in total. The summed E-state index contributed by atoms with van der Waals surface area (Å²) in [5.41, 5.74) is 0.739. The number of methoxy groups -OCH3 is 1. The van der Waals surface area contributed by atoms with Crippen molar-refractivity contribution in [2.24, 2.45) is 0 Å². The van der Waals surface area contributed by atoms with Gasteiger partial charge in [0.25, 0.3) is 0 Å². The largest absolute Gasteiger partial charge is 0.490 e. The number of urea groups is 1. The highest BCUT2D eigenvalue weighted by Gasteiger charge is 2.31. The fourth-order valence-electron chi connectivity index (χ4n) is 3.52. The summed E-state index contributed by atoms with van der Waals surface area (Å²) in [6, 6.07) is 7.38. The number of likely N-dealkylation sites (tertiary alicyclic amines) is 1. The topological polar surface area (TPSA) is 62.8 Å². The van der Waals surface area contributed by atoms with E-state index < -0.39 is 0 Å². The van der Waals surface area contributed by atoms with E-state index in [0.717, 1.165) is 37.4 Å². The molecule has 0 spiro atoms. The van der Waals surface area contributed by atoms with Crippen LogP contribution in [0.1, 0.15) is 25.7 Å². The number of likely N-dealkylation sites (N-methyl/N-ethyl adjacent to an activating group) is 1. The lowest BCUT2D eigenvalue weighted by Gasteiger charge is -2.19. The van der Waals surface area contributed by atoms with Gasteiger partial charge < -0.3 is 25.0 Å². The highest BCUT2D eigenvalue weighted by molar-refractivity contribution is 5.89. The van der Waals surface area contributed by atoms with Crippen molar-refractivity contribution in [3.63, 3.8) is 0 Å². The van der Waals surface area contributed by atoms with Crippen molar-refractivity contribution in [1.29, 1.82) is 0 Å². The van der Waals surface area contributed by atoms with Crippen molar-refractivity contribution in [1.82, 2.24) is 10.2 Å². The summed E-state index contributed by atoms with van der Waals surface area (Å²) in [4.78, 5) is 14.4. The summed E-state index contributed by atoms with van der Waals surface area (Å²) < 4.78 is 11.4. The molecule has 2 amide bonds. The van der Waals surface area contributed by atoms with Gasteiger partial charge in [-0.2, -0.15) is 0 Å². The van der Waals surface area contributed by atoms with Gasteiger partial charge in [-0.1, -0.05) is 6.07 Å². The number of nitrogens with zero attached hydrogens (tertiary/aromatic N) is 1. The summed E-state index contributed by atoms with van der Waals surface area (Å²) >= 11 is 0. The molecule has 0 bridgehead atoms. The average Bonchev–Trinajstić information content (AvgIpc) is 3.17. The Morgan fingerprint density at radius 1 is 1.25 bits per heavy atom. The van der Waals surface area contributed by atoms with E-state index in [0.29, 0.717) is 6.10 Å². The van der Waals surface area contributed by atoms with E-state index in [4.69, 9.17) is 9.47 Å². The van der Waals surface area contributed by atoms with Crippen LogP contribution in [-0.2, 0) is 4.74 Å². The molecule has 2 aliphatic rings. The first-order chi connectivity index (χ1) is 11.6. The van der Waals surface area contributed by atoms with E-state index in [1.165, 1.54) is 12.8 Å². The molecule has 132 valence electrons. The maximum absolute atomic E-state index is 12.3. The van der Waals surface area contributed by atoms with Crippen LogP contribution in [0.5, 0.6) is 5.75 Å². The standard InChI is InChI=1S/C18H27N3O3/c1-21-11-16(17(12-21)23-2)20-18(22)19-13-6-5-9-15(10-13)24-14-7-3-4-8-14/h5-6,9-10,14,16-17H,3-4,7-8,11-12H2,1-2H3,(H2,19,20,22)/t16-,17-/m1/s1. The minimum atomic E-state index is -0.213. The van der Waals surface area contributed by atoms with Gasteiger partial charge in [0.1, 0.15) is 5.75 Å². The zero-order valence-electron chi connectivity index (χ0n) is 14.5. The monoisotopic (exact) mass is 333 g/mol. The van der Waals surface area contributed by atoms with E-state index >= 15 is 0 Å². The van der Waals surface area contributed by atoms with Gasteiger partial charge in [-0.05, 0) is 44.9 Å². The van der Waals surface area contributed by atoms with Crippen molar-refractivity contribution in [3.05, 3.63) is 24.3 Å². The summed E-state index contributed by atoms with van der Waals surface area (Å²) in [6.07, 6.45) is 5.05. The van der Waals surface area contributed by atoms with E-state index in [-0.39, 0.29) is 18.2 Å². The summed E-state index contributed by atoms with van der Waals surface area (Å²) in [5.74, 6) is 0.815. The second-order valence-electron chi connectivity index (χ2n) is 6.75. The lowest BCUT2D eigenvalue weighted by molar-refractivity contribution is 0.0940. The fourth-order valence-corrected chi connectivity index (χ4v) is 3.52. The molecule has 24 heavy (non-hydrogen) atoms. The molecule has 1 saturated heterocycles. The summed E-state index contributed by atoms with van der Waals surface area (Å²) in [6.45, 7) is 1.61. The molecule has 6 nitrogen and oxygen atoms in total. The number of ether oxygens (including phenoxy) is 2. The number of anilines is 1. The smallest absolute Gasteiger partial charge is 0.319 e. The quantitative estimate of drug-likeness (QED) is 0.869. The van der Waals surface area contributed by atoms with Crippen LogP contribution in [0.4, 0.5) is 10.5 Å². The van der Waals surface area contributed by atoms with E-state index in [2.05, 4.69) is 15.5 Å². The molecule has 1 aromatic rings. The maximum Gasteiger partial charge on any atom is 0.319 e. The van der Waals surface area contributed by atoms with Crippen LogP contribution in [0, 0.1) is 0 Å². The van der Waals surface area contributed by atoms with E-state index in [9.17, 15) is 4.79 Å². The zero-order valence-corrected chi connectivity index (χ0v) is 14.5. The third-order valence-electron chi connectivity index (χ3n) is 4.76. The van der Waals surface area contributed by atoms with Crippen molar-refractivity contribution < 1.29 is 14.3 Å². The molecule has 1 saturated carbocycles. The van der Waals surface area contributed by atoms with Crippen LogP contribution >= 0.6 is 0 Å². The number of benzene rings is 1. The average molecular weight is 333 g/mol. The normalized spacial score (nSPS) is 24.9. The Bertz CT molecular complexity index is 560. The molecule has 1 aliphatic heterocycles. The summed E-state index contributed by atoms with van der Waals surface area (Å²) in [5, 5.41) is 5.88. The Hall–Kier alpha value is -1.79. The van der Waals surface area contributed by atoms with E-state index in [1.807, 2.05) is 31.3 Å². The number of hydrogen-bond donors (Lipinski definition) is 2. The van der Waals surface area contributed by atoms with Gasteiger partial charge in [-0.15, -0.1) is 0 Å². The molecule has 1 heterocycles. The van der Waals surface area contributed by atoms with Crippen LogP contribution in [-0.4, -0.2) is 56.4 Å². The molecule has 0 aromatic heterocycles. The first kappa shape index (κ1) is 17.0. The molecule has 6 heteroatoms. The molecular weight excluding hydrogens is 306 g/mol. The number of hydrogen-bond acceptors (Lipinski definition) is 4. The lowest BCUT2D eigenvalue weighted by atomic mass is 10.2. The molecule has 2 fully saturated rings. The van der Waals surface area contributed by atoms with Crippen LogP contribution in [0.15, 0.2) is 24.3 Å². The number of nitrogens with one attached hydrogen (secondary N) is 2. The molecule has 2 atom stereocenters. The van der Waals surface area contributed by atoms with Crippen LogP contribution in [0.25, 0.3) is 0 Å². The predicted molar refractivity (Wildman–Crippen MR) is 93.6 cm³/mol. The Labute approximate surface area is 143 Å². The minimum absolute atomic E-state index is 0.00192. The summed E-state index contributed by atoms with van der Waals surface area (Å²) in [7, 11) is 3.70. The Morgan fingerprint density at radius 2 is 2.04 bits per heavy atom. The minimum Gasteiger partial charge on any atom is -0.490 e. The molecular formula is C18H27N3O3.